The van der Waals surface area contributed by atoms with Crippen LogP contribution in [0, 0.1) is 6.92 Å². The molecule has 0 spiro atoms. The Hall–Kier alpha value is -0.760. The fourth-order valence-electron chi connectivity index (χ4n) is 1.15. The smallest absolute Gasteiger partial charge is 0.0485 e. The van der Waals surface area contributed by atoms with Crippen molar-refractivity contribution in [2.24, 2.45) is 0 Å². The van der Waals surface area contributed by atoms with Gasteiger partial charge in [-0.25, -0.2) is 0 Å². The third kappa shape index (κ3) is 3.23. The van der Waals surface area contributed by atoms with E-state index in [1.165, 1.54) is 11.3 Å². The molecule has 1 aromatic rings. The van der Waals surface area contributed by atoms with E-state index in [0.717, 1.165) is 11.0 Å². The highest BCUT2D eigenvalue weighted by Crippen LogP contribution is 2.15. The lowest BCUT2D eigenvalue weighted by Gasteiger charge is -2.18. The van der Waals surface area contributed by atoms with Gasteiger partial charge in [0.2, 0.25) is 0 Å². The van der Waals surface area contributed by atoms with Crippen molar-refractivity contribution in [1.29, 1.82) is 0 Å². The van der Waals surface area contributed by atoms with Gasteiger partial charge < -0.3 is 4.90 Å². The monoisotopic (exact) mass is 239 g/mol. The molecule has 70 valence electrons. The molecule has 0 saturated carbocycles. The van der Waals surface area contributed by atoms with Gasteiger partial charge in [0.05, 0.1) is 0 Å². The van der Waals surface area contributed by atoms with Gasteiger partial charge in [-0.15, -0.1) is 0 Å². The fourth-order valence-corrected chi connectivity index (χ4v) is 1.52. The van der Waals surface area contributed by atoms with Crippen LogP contribution in [0.4, 0.5) is 5.69 Å². The summed E-state index contributed by atoms with van der Waals surface area (Å²) in [5, 5.41) is 0. The Morgan fingerprint density at radius 1 is 1.38 bits per heavy atom. The third-order valence-corrected chi connectivity index (χ3v) is 2.13. The van der Waals surface area contributed by atoms with E-state index in [4.69, 9.17) is 0 Å². The molecule has 0 saturated heterocycles. The van der Waals surface area contributed by atoms with Gasteiger partial charge in [-0.2, -0.15) is 0 Å². The van der Waals surface area contributed by atoms with Gasteiger partial charge in [0.25, 0.3) is 0 Å². The van der Waals surface area contributed by atoms with Crippen LogP contribution in [-0.2, 0) is 0 Å². The number of aryl methyl sites for hydroxylation is 1. The molecule has 0 fully saturated rings. The summed E-state index contributed by atoms with van der Waals surface area (Å²) in [6, 6.07) is 8.46. The molecule has 1 aromatic carbocycles. The number of hydrogen-bond donors (Lipinski definition) is 0. The van der Waals surface area contributed by atoms with Crippen LogP contribution in [0.5, 0.6) is 0 Å². The number of likely N-dealkylation sites (N-methyl/N-ethyl adjacent to an activating group) is 1. The average molecular weight is 240 g/mol. The number of rotatable bonds is 3. The summed E-state index contributed by atoms with van der Waals surface area (Å²) in [6.45, 7) is 6.74. The predicted molar refractivity (Wildman–Crippen MR) is 62.5 cm³/mol. The van der Waals surface area contributed by atoms with Crippen LogP contribution in [0.3, 0.4) is 0 Å². The maximum absolute atomic E-state index is 3.81. The zero-order chi connectivity index (χ0) is 9.84. The summed E-state index contributed by atoms with van der Waals surface area (Å²) >= 11 is 3.35. The van der Waals surface area contributed by atoms with Crippen molar-refractivity contribution >= 4 is 21.6 Å². The molecular weight excluding hydrogens is 226 g/mol. The normalized spacial score (nSPS) is 9.77. The van der Waals surface area contributed by atoms with Crippen LogP contribution in [0.15, 0.2) is 35.3 Å². The van der Waals surface area contributed by atoms with Gasteiger partial charge in [-0.3, -0.25) is 0 Å². The second-order valence-electron chi connectivity index (χ2n) is 3.21. The Kier molecular flexibility index (Phi) is 3.55. The van der Waals surface area contributed by atoms with Crippen LogP contribution in [0.25, 0.3) is 0 Å². The molecule has 13 heavy (non-hydrogen) atoms. The van der Waals surface area contributed by atoms with E-state index in [9.17, 15) is 0 Å². The van der Waals surface area contributed by atoms with Gasteiger partial charge in [-0.1, -0.05) is 40.2 Å². The van der Waals surface area contributed by atoms with E-state index in [0.29, 0.717) is 0 Å². The molecule has 0 atom stereocenters. The highest BCUT2D eigenvalue weighted by molar-refractivity contribution is 9.11. The Morgan fingerprint density at radius 2 is 1.92 bits per heavy atom. The Bertz CT molecular complexity index is 289. The molecule has 0 heterocycles. The summed E-state index contributed by atoms with van der Waals surface area (Å²) in [4.78, 5) is 2.15. The lowest BCUT2D eigenvalue weighted by molar-refractivity contribution is 1.03. The van der Waals surface area contributed by atoms with Crippen LogP contribution in [0.1, 0.15) is 5.56 Å². The molecule has 1 rings (SSSR count). The Labute approximate surface area is 88.2 Å². The lowest BCUT2D eigenvalue weighted by atomic mass is 10.2. The summed E-state index contributed by atoms with van der Waals surface area (Å²) in [5.41, 5.74) is 2.50. The Morgan fingerprint density at radius 3 is 2.38 bits per heavy atom. The molecule has 0 bridgehead atoms. The summed E-state index contributed by atoms with van der Waals surface area (Å²) < 4.78 is 0.996. The second-order valence-corrected chi connectivity index (χ2v) is 4.33. The van der Waals surface area contributed by atoms with E-state index in [1.807, 2.05) is 0 Å². The molecule has 0 N–H and O–H groups in total. The van der Waals surface area contributed by atoms with Crippen molar-refractivity contribution in [3.63, 3.8) is 0 Å². The van der Waals surface area contributed by atoms with Crippen molar-refractivity contribution in [2.45, 2.75) is 6.92 Å². The Balaban J connectivity index is 2.71. The SMILES string of the molecule is C=C(Br)CN(C)c1ccc(C)cc1. The maximum atomic E-state index is 3.81. The zero-order valence-corrected chi connectivity index (χ0v) is 9.63. The van der Waals surface area contributed by atoms with Crippen molar-refractivity contribution in [3.8, 4) is 0 Å². The lowest BCUT2D eigenvalue weighted by Crippen LogP contribution is -2.17. The second kappa shape index (κ2) is 4.47. The van der Waals surface area contributed by atoms with Gasteiger partial charge in [0, 0.05) is 23.8 Å². The van der Waals surface area contributed by atoms with E-state index in [-0.39, 0.29) is 0 Å². The number of nitrogens with zero attached hydrogens (tertiary/aromatic N) is 1. The quantitative estimate of drug-likeness (QED) is 0.783. The molecule has 0 aliphatic heterocycles. The topological polar surface area (TPSA) is 3.24 Å². The molecule has 0 aliphatic carbocycles. The zero-order valence-electron chi connectivity index (χ0n) is 8.05. The highest BCUT2D eigenvalue weighted by Gasteiger charge is 1.99. The summed E-state index contributed by atoms with van der Waals surface area (Å²) in [7, 11) is 2.05. The molecule has 2 heteroatoms. The minimum atomic E-state index is 0.836. The van der Waals surface area contributed by atoms with E-state index in [2.05, 4.69) is 65.6 Å². The summed E-state index contributed by atoms with van der Waals surface area (Å²) in [5.74, 6) is 0. The third-order valence-electron chi connectivity index (χ3n) is 1.88. The predicted octanol–water partition coefficient (Wildman–Crippen LogP) is 3.34. The van der Waals surface area contributed by atoms with Crippen molar-refractivity contribution in [2.75, 3.05) is 18.5 Å². The first-order valence-electron chi connectivity index (χ1n) is 4.20. The van der Waals surface area contributed by atoms with E-state index >= 15 is 0 Å². The number of anilines is 1. The number of hydrogen-bond acceptors (Lipinski definition) is 1. The van der Waals surface area contributed by atoms with E-state index in [1.54, 1.807) is 0 Å². The van der Waals surface area contributed by atoms with Gasteiger partial charge in [0.1, 0.15) is 0 Å². The molecule has 0 radical (unpaired) electrons. The molecule has 0 unspecified atom stereocenters. The van der Waals surface area contributed by atoms with E-state index < -0.39 is 0 Å². The fraction of sp³-hybridized carbons (Fsp3) is 0.273. The minimum Gasteiger partial charge on any atom is -0.370 e. The average Bonchev–Trinajstić information content (AvgIpc) is 2.04. The number of halogens is 1. The van der Waals surface area contributed by atoms with Crippen molar-refractivity contribution in [1.82, 2.24) is 0 Å². The van der Waals surface area contributed by atoms with Crippen LogP contribution >= 0.6 is 15.9 Å². The molecular formula is C11H14BrN. The van der Waals surface area contributed by atoms with Gasteiger partial charge in [-0.05, 0) is 19.1 Å². The highest BCUT2D eigenvalue weighted by atomic mass is 79.9. The largest absolute Gasteiger partial charge is 0.370 e. The first kappa shape index (κ1) is 10.3. The van der Waals surface area contributed by atoms with Crippen molar-refractivity contribution < 1.29 is 0 Å². The van der Waals surface area contributed by atoms with Crippen LogP contribution in [0.2, 0.25) is 0 Å². The van der Waals surface area contributed by atoms with Gasteiger partial charge >= 0.3 is 0 Å². The number of benzene rings is 1. The molecule has 0 aromatic heterocycles. The first-order chi connectivity index (χ1) is 6.09. The standard InChI is InChI=1S/C11H14BrN/c1-9-4-6-11(7-5-9)13(3)8-10(2)12/h4-7H,2,8H2,1,3H3. The van der Waals surface area contributed by atoms with Crippen molar-refractivity contribution in [3.05, 3.63) is 40.9 Å². The van der Waals surface area contributed by atoms with Crippen LogP contribution < -0.4 is 4.90 Å². The van der Waals surface area contributed by atoms with Gasteiger partial charge in [0.15, 0.2) is 0 Å². The van der Waals surface area contributed by atoms with Crippen LogP contribution in [-0.4, -0.2) is 13.6 Å². The molecule has 0 amide bonds. The molecule has 1 nitrogen and oxygen atoms in total. The minimum absolute atomic E-state index is 0.836. The first-order valence-corrected chi connectivity index (χ1v) is 5.00. The molecule has 0 aliphatic rings. The summed E-state index contributed by atoms with van der Waals surface area (Å²) in [6.07, 6.45) is 0. The maximum Gasteiger partial charge on any atom is 0.0485 e.